The molecule has 0 unspecified atom stereocenters. The molecule has 0 saturated carbocycles. The molecule has 4 nitrogen and oxygen atoms in total. The predicted molar refractivity (Wildman–Crippen MR) is 126 cm³/mol. The van der Waals surface area contributed by atoms with Crippen LogP contribution in [-0.4, -0.2) is 47.8 Å². The summed E-state index contributed by atoms with van der Waals surface area (Å²) in [7, 11) is 0. The first-order chi connectivity index (χ1) is 15.2. The van der Waals surface area contributed by atoms with Gasteiger partial charge in [0.05, 0.1) is 42.7 Å². The van der Waals surface area contributed by atoms with Crippen molar-refractivity contribution in [2.45, 2.75) is 172 Å². The smallest absolute Gasteiger partial charge is 0.0842 e. The van der Waals surface area contributed by atoms with Gasteiger partial charge in [-0.15, -0.1) is 0 Å². The van der Waals surface area contributed by atoms with Crippen molar-refractivity contribution in [2.75, 3.05) is 0 Å². The van der Waals surface area contributed by atoms with Crippen molar-refractivity contribution in [3.05, 3.63) is 0 Å². The molecule has 3 aliphatic rings. The number of unbranched alkanes of at least 4 members (excludes halogenated alkanes) is 9. The average Bonchev–Trinajstić information content (AvgIpc) is 3.54. The molecule has 0 radical (unpaired) electrons. The molecule has 3 rings (SSSR count). The van der Waals surface area contributed by atoms with E-state index in [0.29, 0.717) is 6.10 Å². The van der Waals surface area contributed by atoms with Crippen LogP contribution in [0.1, 0.15) is 129 Å². The number of ether oxygens (including phenoxy) is 3. The van der Waals surface area contributed by atoms with Gasteiger partial charge in [-0.05, 0) is 51.4 Å². The van der Waals surface area contributed by atoms with E-state index < -0.39 is 0 Å². The molecular formula is C27H50O4. The maximum atomic E-state index is 10.6. The highest BCUT2D eigenvalue weighted by atomic mass is 16.6. The predicted octanol–water partition coefficient (Wildman–Crippen LogP) is 6.71. The minimum absolute atomic E-state index is 0.0124. The van der Waals surface area contributed by atoms with Gasteiger partial charge in [0, 0.05) is 0 Å². The highest BCUT2D eigenvalue weighted by Crippen LogP contribution is 2.37. The van der Waals surface area contributed by atoms with Crippen LogP contribution in [0.15, 0.2) is 0 Å². The molecule has 3 aliphatic heterocycles. The first-order valence-corrected chi connectivity index (χ1v) is 13.9. The van der Waals surface area contributed by atoms with E-state index in [1.54, 1.807) is 0 Å². The van der Waals surface area contributed by atoms with Crippen molar-refractivity contribution in [1.82, 2.24) is 0 Å². The largest absolute Gasteiger partial charge is 0.390 e. The monoisotopic (exact) mass is 438 g/mol. The Bertz CT molecular complexity index is 470. The fourth-order valence-corrected chi connectivity index (χ4v) is 5.82. The number of aliphatic hydroxyl groups excluding tert-OH is 1. The van der Waals surface area contributed by atoms with Gasteiger partial charge < -0.3 is 19.3 Å². The molecule has 0 amide bonds. The van der Waals surface area contributed by atoms with Crippen LogP contribution in [0.25, 0.3) is 0 Å². The quantitative estimate of drug-likeness (QED) is 0.289. The Morgan fingerprint density at radius 3 is 1.74 bits per heavy atom. The molecule has 7 atom stereocenters. The molecule has 0 bridgehead atoms. The zero-order valence-electron chi connectivity index (χ0n) is 20.4. The fraction of sp³-hybridized carbons (Fsp3) is 1.00. The maximum Gasteiger partial charge on any atom is 0.0842 e. The standard InChI is InChI=1S/C27H50O4/c1-3-5-6-7-8-9-10-11-12-13-14-22(28)23-17-18-26(30-23)27-20-19-25(31-27)24-16-15-21(4-2)29-24/h21-28H,3-20H2,1-2H3/t21-,22+,23-,24+,25+,26+,27+/m0/s1. The second-order valence-electron chi connectivity index (χ2n) is 10.4. The second-order valence-corrected chi connectivity index (χ2v) is 10.4. The molecule has 31 heavy (non-hydrogen) atoms. The summed E-state index contributed by atoms with van der Waals surface area (Å²) in [6.45, 7) is 4.48. The molecule has 0 aliphatic carbocycles. The summed E-state index contributed by atoms with van der Waals surface area (Å²) in [6, 6.07) is 0. The molecule has 3 fully saturated rings. The van der Waals surface area contributed by atoms with Crippen molar-refractivity contribution in [3.63, 3.8) is 0 Å². The molecule has 1 N–H and O–H groups in total. The van der Waals surface area contributed by atoms with Crippen LogP contribution in [-0.2, 0) is 14.2 Å². The molecule has 3 heterocycles. The molecular weight excluding hydrogens is 388 g/mol. The summed E-state index contributed by atoms with van der Waals surface area (Å²) in [5, 5.41) is 10.6. The Balaban J connectivity index is 1.22. The summed E-state index contributed by atoms with van der Waals surface area (Å²) < 4.78 is 18.8. The highest BCUT2D eigenvalue weighted by molar-refractivity contribution is 4.91. The van der Waals surface area contributed by atoms with Gasteiger partial charge in [-0.3, -0.25) is 0 Å². The molecule has 3 saturated heterocycles. The first-order valence-electron chi connectivity index (χ1n) is 13.9. The van der Waals surface area contributed by atoms with Crippen molar-refractivity contribution in [3.8, 4) is 0 Å². The van der Waals surface area contributed by atoms with Gasteiger partial charge in [-0.1, -0.05) is 78.1 Å². The van der Waals surface area contributed by atoms with Gasteiger partial charge >= 0.3 is 0 Å². The average molecular weight is 439 g/mol. The van der Waals surface area contributed by atoms with E-state index in [1.165, 1.54) is 64.2 Å². The topological polar surface area (TPSA) is 47.9 Å². The van der Waals surface area contributed by atoms with E-state index in [2.05, 4.69) is 13.8 Å². The normalized spacial score (nSPS) is 34.5. The molecule has 0 spiro atoms. The summed E-state index contributed by atoms with van der Waals surface area (Å²) in [5.41, 5.74) is 0. The Morgan fingerprint density at radius 1 is 0.613 bits per heavy atom. The van der Waals surface area contributed by atoms with Gasteiger partial charge in [-0.25, -0.2) is 0 Å². The van der Waals surface area contributed by atoms with E-state index in [9.17, 15) is 5.11 Å². The fourth-order valence-electron chi connectivity index (χ4n) is 5.82. The Kier molecular flexibility index (Phi) is 11.6. The van der Waals surface area contributed by atoms with E-state index in [1.807, 2.05) is 0 Å². The minimum Gasteiger partial charge on any atom is -0.390 e. The Morgan fingerprint density at radius 2 is 1.13 bits per heavy atom. The van der Waals surface area contributed by atoms with Crippen LogP contribution in [0, 0.1) is 0 Å². The van der Waals surface area contributed by atoms with Gasteiger partial charge in [0.1, 0.15) is 0 Å². The van der Waals surface area contributed by atoms with Gasteiger partial charge in [0.15, 0.2) is 0 Å². The number of aliphatic hydroxyl groups is 1. The zero-order valence-corrected chi connectivity index (χ0v) is 20.4. The van der Waals surface area contributed by atoms with E-state index >= 15 is 0 Å². The molecule has 4 heteroatoms. The Labute approximate surface area is 191 Å². The third-order valence-corrected chi connectivity index (χ3v) is 7.88. The van der Waals surface area contributed by atoms with Crippen LogP contribution in [0.3, 0.4) is 0 Å². The molecule has 0 aromatic rings. The summed E-state index contributed by atoms with van der Waals surface area (Å²) in [6.07, 6.45) is 22.9. The van der Waals surface area contributed by atoms with Crippen LogP contribution >= 0.6 is 0 Å². The van der Waals surface area contributed by atoms with E-state index in [-0.39, 0.29) is 36.6 Å². The summed E-state index contributed by atoms with van der Waals surface area (Å²) in [4.78, 5) is 0. The molecule has 0 aromatic carbocycles. The van der Waals surface area contributed by atoms with Crippen molar-refractivity contribution in [1.29, 1.82) is 0 Å². The van der Waals surface area contributed by atoms with Gasteiger partial charge in [-0.2, -0.15) is 0 Å². The minimum atomic E-state index is -0.306. The first kappa shape index (κ1) is 25.5. The van der Waals surface area contributed by atoms with E-state index in [4.69, 9.17) is 14.2 Å². The molecule has 182 valence electrons. The number of hydrogen-bond acceptors (Lipinski definition) is 4. The van der Waals surface area contributed by atoms with Gasteiger partial charge in [0.25, 0.3) is 0 Å². The Hall–Kier alpha value is -0.160. The van der Waals surface area contributed by atoms with E-state index in [0.717, 1.165) is 51.4 Å². The van der Waals surface area contributed by atoms with Gasteiger partial charge in [0.2, 0.25) is 0 Å². The lowest BCUT2D eigenvalue weighted by Gasteiger charge is -2.24. The maximum absolute atomic E-state index is 10.6. The van der Waals surface area contributed by atoms with Crippen molar-refractivity contribution in [2.24, 2.45) is 0 Å². The zero-order chi connectivity index (χ0) is 21.9. The van der Waals surface area contributed by atoms with Crippen molar-refractivity contribution >= 4 is 0 Å². The summed E-state index contributed by atoms with van der Waals surface area (Å²) >= 11 is 0. The SMILES string of the molecule is CCCCCCCCCCCC[C@@H](O)[C@@H]1CC[C@H]([C@H]2CC[C@H]([C@H]3CC[C@H](CC)O3)O2)O1. The summed E-state index contributed by atoms with van der Waals surface area (Å²) in [5.74, 6) is 0. The third kappa shape index (κ3) is 8.28. The third-order valence-electron chi connectivity index (χ3n) is 7.88. The van der Waals surface area contributed by atoms with Crippen LogP contribution in [0.5, 0.6) is 0 Å². The van der Waals surface area contributed by atoms with Crippen molar-refractivity contribution < 1.29 is 19.3 Å². The second kappa shape index (κ2) is 14.2. The lowest BCUT2D eigenvalue weighted by atomic mass is 10.0. The number of rotatable bonds is 15. The van der Waals surface area contributed by atoms with Crippen LogP contribution < -0.4 is 0 Å². The van der Waals surface area contributed by atoms with Crippen LogP contribution in [0.2, 0.25) is 0 Å². The highest BCUT2D eigenvalue weighted by Gasteiger charge is 2.42. The number of hydrogen-bond donors (Lipinski definition) is 1. The lowest BCUT2D eigenvalue weighted by Crippen LogP contribution is -2.33. The molecule has 0 aromatic heterocycles. The van der Waals surface area contributed by atoms with Crippen LogP contribution in [0.4, 0.5) is 0 Å². The lowest BCUT2D eigenvalue weighted by molar-refractivity contribution is -0.117.